The summed E-state index contributed by atoms with van der Waals surface area (Å²) in [6.45, 7) is 4.93. The van der Waals surface area contributed by atoms with E-state index < -0.39 is 12.1 Å². The van der Waals surface area contributed by atoms with Gasteiger partial charge in [0.05, 0.1) is 25.4 Å². The van der Waals surface area contributed by atoms with E-state index in [2.05, 4.69) is 31.3 Å². The van der Waals surface area contributed by atoms with Gasteiger partial charge < -0.3 is 20.3 Å². The maximum Gasteiger partial charge on any atom is 0.305 e. The van der Waals surface area contributed by atoms with E-state index in [0.29, 0.717) is 25.9 Å². The number of aliphatic hydroxyl groups excluding tert-OH is 2. The lowest BCUT2D eigenvalue weighted by molar-refractivity contribution is -0.143. The van der Waals surface area contributed by atoms with Crippen molar-refractivity contribution in [2.24, 2.45) is 0 Å². The molecule has 6 nitrogen and oxygen atoms in total. The molecule has 0 aliphatic heterocycles. The average Bonchev–Trinajstić information content (AvgIpc) is 3.26. The summed E-state index contributed by atoms with van der Waals surface area (Å²) in [5, 5.41) is 23.2. The first-order valence-electron chi connectivity index (χ1n) is 27.4. The molecule has 0 aliphatic rings. The summed E-state index contributed by atoms with van der Waals surface area (Å²) in [7, 11) is 0. The van der Waals surface area contributed by atoms with E-state index in [1.54, 1.807) is 0 Å². The van der Waals surface area contributed by atoms with Gasteiger partial charge in [0, 0.05) is 12.8 Å². The van der Waals surface area contributed by atoms with E-state index in [-0.39, 0.29) is 18.5 Å². The Labute approximate surface area is 380 Å². The molecule has 0 saturated carbocycles. The van der Waals surface area contributed by atoms with Crippen molar-refractivity contribution in [3.8, 4) is 0 Å². The maximum atomic E-state index is 12.5. The number of amides is 1. The molecule has 3 N–H and O–H groups in total. The number of allylic oxidation sites excluding steroid dienone is 2. The molecule has 0 radical (unpaired) electrons. The van der Waals surface area contributed by atoms with Crippen LogP contribution in [0, 0.1) is 0 Å². The third kappa shape index (κ3) is 47.9. The number of esters is 1. The van der Waals surface area contributed by atoms with Crippen molar-refractivity contribution in [3.63, 3.8) is 0 Å². The monoisotopic (exact) mass is 862 g/mol. The van der Waals surface area contributed by atoms with Gasteiger partial charge in [0.2, 0.25) is 5.91 Å². The number of unbranched alkanes of at least 4 members (excludes halogenated alkanes) is 38. The Kier molecular flexibility index (Phi) is 50.1. The first-order chi connectivity index (χ1) is 30.0. The zero-order chi connectivity index (χ0) is 44.4. The Morgan fingerprint density at radius 3 is 1.18 bits per heavy atom. The molecule has 0 aromatic rings. The fourth-order valence-corrected chi connectivity index (χ4v) is 8.58. The number of carbonyl (C=O) groups is 2. The van der Waals surface area contributed by atoms with Crippen LogP contribution in [0.15, 0.2) is 12.2 Å². The van der Waals surface area contributed by atoms with Crippen LogP contribution in [0.5, 0.6) is 0 Å². The van der Waals surface area contributed by atoms with Gasteiger partial charge in [-0.3, -0.25) is 9.59 Å². The van der Waals surface area contributed by atoms with Crippen molar-refractivity contribution in [1.82, 2.24) is 5.32 Å². The van der Waals surface area contributed by atoms with Crippen LogP contribution in [0.25, 0.3) is 0 Å². The minimum Gasteiger partial charge on any atom is -0.466 e. The first-order valence-corrected chi connectivity index (χ1v) is 27.4. The minimum atomic E-state index is -0.666. The summed E-state index contributed by atoms with van der Waals surface area (Å²) in [6, 6.07) is -0.544. The highest BCUT2D eigenvalue weighted by Gasteiger charge is 2.20. The molecule has 61 heavy (non-hydrogen) atoms. The Morgan fingerprint density at radius 1 is 0.443 bits per heavy atom. The lowest BCUT2D eigenvalue weighted by Gasteiger charge is -2.22. The van der Waals surface area contributed by atoms with Crippen LogP contribution in [-0.4, -0.2) is 47.4 Å². The van der Waals surface area contributed by atoms with Gasteiger partial charge in [-0.05, 0) is 51.4 Å². The van der Waals surface area contributed by atoms with Gasteiger partial charge in [-0.25, -0.2) is 0 Å². The molecule has 0 aliphatic carbocycles. The number of carbonyl (C=O) groups excluding carboxylic acids is 2. The van der Waals surface area contributed by atoms with Crippen LogP contribution >= 0.6 is 0 Å². The highest BCUT2D eigenvalue weighted by molar-refractivity contribution is 5.76. The maximum absolute atomic E-state index is 12.5. The Balaban J connectivity index is 3.41. The summed E-state index contributed by atoms with van der Waals surface area (Å²) in [6.07, 6.45) is 59.0. The summed E-state index contributed by atoms with van der Waals surface area (Å²) < 4.78 is 5.46. The first kappa shape index (κ1) is 59.6. The third-order valence-electron chi connectivity index (χ3n) is 12.8. The number of hydrogen-bond acceptors (Lipinski definition) is 5. The van der Waals surface area contributed by atoms with Crippen LogP contribution in [0.3, 0.4) is 0 Å². The lowest BCUT2D eigenvalue weighted by Crippen LogP contribution is -2.45. The van der Waals surface area contributed by atoms with E-state index >= 15 is 0 Å². The van der Waals surface area contributed by atoms with Gasteiger partial charge in [0.1, 0.15) is 0 Å². The molecule has 0 spiro atoms. The highest BCUT2D eigenvalue weighted by atomic mass is 16.5. The summed E-state index contributed by atoms with van der Waals surface area (Å²) >= 11 is 0. The average molecular weight is 862 g/mol. The minimum absolute atomic E-state index is 0.00354. The molecule has 2 atom stereocenters. The Morgan fingerprint density at radius 2 is 0.770 bits per heavy atom. The Bertz CT molecular complexity index is 909. The van der Waals surface area contributed by atoms with Gasteiger partial charge in [-0.2, -0.15) is 0 Å². The molecule has 1 amide bonds. The SMILES string of the molecule is CCCCCC/C=C\CCCCCCCC(=O)OCCCCCCCCCCCCCCCCCCCC(=O)NC(CO)C(O)CCCCCCCCCCCCCCCC. The smallest absolute Gasteiger partial charge is 0.305 e. The second kappa shape index (κ2) is 51.2. The van der Waals surface area contributed by atoms with Crippen LogP contribution in [0.1, 0.15) is 303 Å². The summed E-state index contributed by atoms with van der Waals surface area (Å²) in [4.78, 5) is 24.5. The van der Waals surface area contributed by atoms with Crippen molar-refractivity contribution in [3.05, 3.63) is 12.2 Å². The van der Waals surface area contributed by atoms with Crippen molar-refractivity contribution >= 4 is 11.9 Å². The van der Waals surface area contributed by atoms with Crippen LogP contribution < -0.4 is 5.32 Å². The van der Waals surface area contributed by atoms with Crippen LogP contribution in [-0.2, 0) is 14.3 Å². The van der Waals surface area contributed by atoms with Gasteiger partial charge >= 0.3 is 5.97 Å². The molecule has 6 heteroatoms. The van der Waals surface area contributed by atoms with Crippen molar-refractivity contribution < 1.29 is 24.5 Å². The van der Waals surface area contributed by atoms with Crippen molar-refractivity contribution in [2.75, 3.05) is 13.2 Å². The van der Waals surface area contributed by atoms with E-state index in [1.165, 1.54) is 225 Å². The molecule has 0 bridgehead atoms. The number of aliphatic hydroxyl groups is 2. The molecule has 2 unspecified atom stereocenters. The topological polar surface area (TPSA) is 95.9 Å². The molecule has 0 heterocycles. The Hall–Kier alpha value is -1.40. The molecule has 362 valence electrons. The number of nitrogens with one attached hydrogen (secondary N) is 1. The molecular formula is C55H107NO5. The molecule has 0 aromatic heterocycles. The second-order valence-electron chi connectivity index (χ2n) is 18.9. The van der Waals surface area contributed by atoms with Gasteiger partial charge in [-0.1, -0.05) is 251 Å². The van der Waals surface area contributed by atoms with Gasteiger partial charge in [-0.15, -0.1) is 0 Å². The zero-order valence-electron chi connectivity index (χ0n) is 41.2. The standard InChI is InChI=1S/C55H107NO5/c1-3-5-7-9-11-13-15-17-24-27-31-35-39-43-47-53(58)52(51-57)56-54(59)48-44-40-36-32-28-25-21-19-18-20-22-26-30-34-38-42-46-50-61-55(60)49-45-41-37-33-29-23-16-14-12-10-8-6-4-2/h14,16,52-53,57-58H,3-13,15,17-51H2,1-2H3,(H,56,59)/b16-14-. The lowest BCUT2D eigenvalue weighted by atomic mass is 10.0. The number of hydrogen-bond donors (Lipinski definition) is 3. The second-order valence-corrected chi connectivity index (χ2v) is 18.9. The molecule has 0 aromatic carbocycles. The fourth-order valence-electron chi connectivity index (χ4n) is 8.58. The molecular weight excluding hydrogens is 755 g/mol. The number of ether oxygens (including phenoxy) is 1. The largest absolute Gasteiger partial charge is 0.466 e. The predicted octanol–water partition coefficient (Wildman–Crippen LogP) is 16.5. The summed E-state index contributed by atoms with van der Waals surface area (Å²) in [5.74, 6) is -0.0428. The van der Waals surface area contributed by atoms with E-state index in [1.807, 2.05) is 0 Å². The molecule has 0 rings (SSSR count). The fraction of sp³-hybridized carbons (Fsp3) is 0.927. The van der Waals surface area contributed by atoms with Crippen LogP contribution in [0.4, 0.5) is 0 Å². The quantitative estimate of drug-likeness (QED) is 0.0322. The van der Waals surface area contributed by atoms with Gasteiger partial charge in [0.25, 0.3) is 0 Å². The normalized spacial score (nSPS) is 12.7. The van der Waals surface area contributed by atoms with Gasteiger partial charge in [0.15, 0.2) is 0 Å². The summed E-state index contributed by atoms with van der Waals surface area (Å²) in [5.41, 5.74) is 0. The van der Waals surface area contributed by atoms with E-state index in [4.69, 9.17) is 4.74 Å². The molecule has 0 saturated heterocycles. The zero-order valence-corrected chi connectivity index (χ0v) is 41.2. The predicted molar refractivity (Wildman–Crippen MR) is 264 cm³/mol. The van der Waals surface area contributed by atoms with Crippen molar-refractivity contribution in [1.29, 1.82) is 0 Å². The van der Waals surface area contributed by atoms with E-state index in [0.717, 1.165) is 44.9 Å². The van der Waals surface area contributed by atoms with Crippen LogP contribution in [0.2, 0.25) is 0 Å². The number of rotatable bonds is 51. The highest BCUT2D eigenvalue weighted by Crippen LogP contribution is 2.17. The third-order valence-corrected chi connectivity index (χ3v) is 12.8. The van der Waals surface area contributed by atoms with Crippen molar-refractivity contribution in [2.45, 2.75) is 315 Å². The van der Waals surface area contributed by atoms with E-state index in [9.17, 15) is 19.8 Å². The molecule has 0 fully saturated rings.